The summed E-state index contributed by atoms with van der Waals surface area (Å²) in [5, 5.41) is 3.46. The lowest BCUT2D eigenvalue weighted by Crippen LogP contribution is -2.45. The Balaban J connectivity index is 1.75. The molecule has 0 bridgehead atoms. The maximum atomic E-state index is 12.7. The number of hydrogen-bond donors (Lipinski definition) is 1. The average molecular weight is 236 g/mol. The van der Waals surface area contributed by atoms with Gasteiger partial charge in [-0.2, -0.15) is 0 Å². The normalized spacial score (nSPS) is 39.6. The molecule has 0 spiro atoms. The van der Waals surface area contributed by atoms with Crippen LogP contribution < -0.4 is 5.32 Å². The third kappa shape index (κ3) is 1.70. The Morgan fingerprint density at radius 3 is 2.65 bits per heavy atom. The van der Waals surface area contributed by atoms with Crippen molar-refractivity contribution in [2.24, 2.45) is 17.3 Å². The first-order valence-electron chi connectivity index (χ1n) is 7.14. The molecule has 0 aromatic carbocycles. The number of amides is 1. The highest BCUT2D eigenvalue weighted by Crippen LogP contribution is 2.42. The first kappa shape index (κ1) is 11.5. The van der Waals surface area contributed by atoms with Gasteiger partial charge in [0.05, 0.1) is 0 Å². The van der Waals surface area contributed by atoms with E-state index in [1.807, 2.05) is 0 Å². The van der Waals surface area contributed by atoms with Crippen LogP contribution in [0.4, 0.5) is 0 Å². The summed E-state index contributed by atoms with van der Waals surface area (Å²) >= 11 is 0. The second kappa shape index (κ2) is 3.98. The number of fused-ring (bicyclic) bond motifs is 1. The van der Waals surface area contributed by atoms with Crippen LogP contribution in [0.2, 0.25) is 0 Å². The number of likely N-dealkylation sites (tertiary alicyclic amines) is 1. The van der Waals surface area contributed by atoms with Crippen molar-refractivity contribution in [1.82, 2.24) is 10.2 Å². The van der Waals surface area contributed by atoms with Crippen LogP contribution >= 0.6 is 0 Å². The van der Waals surface area contributed by atoms with Crippen molar-refractivity contribution >= 4 is 5.91 Å². The molecule has 2 aliphatic heterocycles. The SMILES string of the molecule is CC1C2CNCC2CN1C(=O)C1(C)CCCC1. The molecule has 3 unspecified atom stereocenters. The zero-order valence-corrected chi connectivity index (χ0v) is 11.0. The first-order valence-corrected chi connectivity index (χ1v) is 7.14. The van der Waals surface area contributed by atoms with Crippen LogP contribution in [0.15, 0.2) is 0 Å². The van der Waals surface area contributed by atoms with Gasteiger partial charge in [0.15, 0.2) is 0 Å². The van der Waals surface area contributed by atoms with E-state index in [4.69, 9.17) is 0 Å². The summed E-state index contributed by atoms with van der Waals surface area (Å²) in [7, 11) is 0. The highest BCUT2D eigenvalue weighted by Gasteiger charge is 2.48. The fourth-order valence-corrected chi connectivity index (χ4v) is 4.15. The van der Waals surface area contributed by atoms with Gasteiger partial charge in [-0.25, -0.2) is 0 Å². The Labute approximate surface area is 104 Å². The molecule has 1 N–H and O–H groups in total. The predicted molar refractivity (Wildman–Crippen MR) is 67.6 cm³/mol. The lowest BCUT2D eigenvalue weighted by molar-refractivity contribution is -0.142. The Hall–Kier alpha value is -0.570. The van der Waals surface area contributed by atoms with E-state index in [1.54, 1.807) is 0 Å². The molecule has 0 aromatic heterocycles. The Morgan fingerprint density at radius 2 is 2.00 bits per heavy atom. The van der Waals surface area contributed by atoms with Crippen LogP contribution in [0.25, 0.3) is 0 Å². The van der Waals surface area contributed by atoms with Crippen LogP contribution in [0.3, 0.4) is 0 Å². The van der Waals surface area contributed by atoms with Gasteiger partial charge in [-0.15, -0.1) is 0 Å². The van der Waals surface area contributed by atoms with E-state index in [9.17, 15) is 4.79 Å². The summed E-state index contributed by atoms with van der Waals surface area (Å²) in [5.74, 6) is 1.85. The van der Waals surface area contributed by atoms with Crippen LogP contribution in [0, 0.1) is 17.3 Å². The van der Waals surface area contributed by atoms with Gasteiger partial charge in [0, 0.05) is 31.1 Å². The second-order valence-electron chi connectivity index (χ2n) is 6.55. The maximum Gasteiger partial charge on any atom is 0.228 e. The molecule has 1 amide bonds. The Morgan fingerprint density at radius 1 is 1.29 bits per heavy atom. The number of carbonyl (C=O) groups is 1. The summed E-state index contributed by atoms with van der Waals surface area (Å²) in [4.78, 5) is 14.9. The number of hydrogen-bond acceptors (Lipinski definition) is 2. The quantitative estimate of drug-likeness (QED) is 0.750. The van der Waals surface area contributed by atoms with Crippen molar-refractivity contribution in [3.63, 3.8) is 0 Å². The zero-order valence-electron chi connectivity index (χ0n) is 11.0. The topological polar surface area (TPSA) is 32.3 Å². The smallest absolute Gasteiger partial charge is 0.228 e. The molecule has 1 saturated carbocycles. The largest absolute Gasteiger partial charge is 0.339 e. The molecule has 3 aliphatic rings. The van der Waals surface area contributed by atoms with Crippen molar-refractivity contribution < 1.29 is 4.79 Å². The molecule has 3 nitrogen and oxygen atoms in total. The first-order chi connectivity index (χ1) is 8.12. The summed E-state index contributed by atoms with van der Waals surface area (Å²) in [6, 6.07) is 0.444. The van der Waals surface area contributed by atoms with Crippen LogP contribution in [0.1, 0.15) is 39.5 Å². The molecule has 3 atom stereocenters. The van der Waals surface area contributed by atoms with Gasteiger partial charge in [-0.1, -0.05) is 19.8 Å². The lowest BCUT2D eigenvalue weighted by Gasteiger charge is -2.33. The van der Waals surface area contributed by atoms with E-state index in [-0.39, 0.29) is 5.41 Å². The number of nitrogens with zero attached hydrogens (tertiary/aromatic N) is 1. The Kier molecular flexibility index (Phi) is 2.69. The molecule has 3 rings (SSSR count). The molecule has 0 aromatic rings. The minimum atomic E-state index is -0.0413. The van der Waals surface area contributed by atoms with E-state index < -0.39 is 0 Å². The summed E-state index contributed by atoms with van der Waals surface area (Å²) in [5.41, 5.74) is -0.0413. The summed E-state index contributed by atoms with van der Waals surface area (Å²) < 4.78 is 0. The van der Waals surface area contributed by atoms with Crippen LogP contribution in [0.5, 0.6) is 0 Å². The van der Waals surface area contributed by atoms with Crippen LogP contribution in [-0.2, 0) is 4.79 Å². The van der Waals surface area contributed by atoms with Crippen molar-refractivity contribution in [2.75, 3.05) is 19.6 Å². The minimum absolute atomic E-state index is 0.0413. The molecule has 1 aliphatic carbocycles. The third-order valence-corrected chi connectivity index (χ3v) is 5.42. The fraction of sp³-hybridized carbons (Fsp3) is 0.929. The van der Waals surface area contributed by atoms with Gasteiger partial charge in [-0.05, 0) is 31.6 Å². The molecular weight excluding hydrogens is 212 g/mol. The molecule has 2 heterocycles. The molecule has 3 heteroatoms. The van der Waals surface area contributed by atoms with Crippen LogP contribution in [-0.4, -0.2) is 36.5 Å². The number of carbonyl (C=O) groups excluding carboxylic acids is 1. The molecule has 96 valence electrons. The molecule has 2 saturated heterocycles. The van der Waals surface area contributed by atoms with E-state index in [1.165, 1.54) is 12.8 Å². The maximum absolute atomic E-state index is 12.7. The molecule has 17 heavy (non-hydrogen) atoms. The lowest BCUT2D eigenvalue weighted by atomic mass is 9.86. The third-order valence-electron chi connectivity index (χ3n) is 5.42. The number of nitrogens with one attached hydrogen (secondary N) is 1. The highest BCUT2D eigenvalue weighted by molar-refractivity contribution is 5.83. The second-order valence-corrected chi connectivity index (χ2v) is 6.55. The standard InChI is InChI=1S/C14H24N2O/c1-10-12-8-15-7-11(12)9-16(10)13(17)14(2)5-3-4-6-14/h10-12,15H,3-9H2,1-2H3. The predicted octanol–water partition coefficient (Wildman–Crippen LogP) is 1.63. The van der Waals surface area contributed by atoms with Gasteiger partial charge < -0.3 is 10.2 Å². The molecule has 3 fully saturated rings. The number of rotatable bonds is 1. The van der Waals surface area contributed by atoms with Gasteiger partial charge in [0.25, 0.3) is 0 Å². The van der Waals surface area contributed by atoms with E-state index in [2.05, 4.69) is 24.1 Å². The Bertz CT molecular complexity index is 322. The van der Waals surface area contributed by atoms with E-state index in [0.29, 0.717) is 23.8 Å². The van der Waals surface area contributed by atoms with E-state index >= 15 is 0 Å². The van der Waals surface area contributed by atoms with Crippen molar-refractivity contribution in [2.45, 2.75) is 45.6 Å². The van der Waals surface area contributed by atoms with Gasteiger partial charge in [-0.3, -0.25) is 4.79 Å². The summed E-state index contributed by atoms with van der Waals surface area (Å²) in [6.07, 6.45) is 4.67. The van der Waals surface area contributed by atoms with Gasteiger partial charge in [0.1, 0.15) is 0 Å². The van der Waals surface area contributed by atoms with Gasteiger partial charge in [0.2, 0.25) is 5.91 Å². The van der Waals surface area contributed by atoms with Crippen molar-refractivity contribution in [3.8, 4) is 0 Å². The highest BCUT2D eigenvalue weighted by atomic mass is 16.2. The zero-order chi connectivity index (χ0) is 12.0. The van der Waals surface area contributed by atoms with Crippen molar-refractivity contribution in [1.29, 1.82) is 0 Å². The summed E-state index contributed by atoms with van der Waals surface area (Å²) in [6.45, 7) is 7.63. The van der Waals surface area contributed by atoms with E-state index in [0.717, 1.165) is 32.5 Å². The molecular formula is C14H24N2O. The monoisotopic (exact) mass is 236 g/mol. The fourth-order valence-electron chi connectivity index (χ4n) is 4.15. The minimum Gasteiger partial charge on any atom is -0.339 e. The average Bonchev–Trinajstić information content (AvgIpc) is 2.97. The van der Waals surface area contributed by atoms with Crippen molar-refractivity contribution in [3.05, 3.63) is 0 Å². The molecule has 0 radical (unpaired) electrons. The van der Waals surface area contributed by atoms with Gasteiger partial charge >= 0.3 is 0 Å².